The molecule has 0 atom stereocenters. The van der Waals surface area contributed by atoms with Crippen LogP contribution in [0.2, 0.25) is 0 Å². The quantitative estimate of drug-likeness (QED) is 0.844. The summed E-state index contributed by atoms with van der Waals surface area (Å²) in [5, 5.41) is 11.8. The maximum atomic E-state index is 11.9. The first kappa shape index (κ1) is 17.0. The van der Waals surface area contributed by atoms with E-state index < -0.39 is 11.4 Å². The molecule has 0 radical (unpaired) electrons. The molecule has 1 aromatic rings. The Morgan fingerprint density at radius 1 is 1.33 bits per heavy atom. The van der Waals surface area contributed by atoms with E-state index in [1.165, 1.54) is 13.8 Å². The zero-order chi connectivity index (χ0) is 16.2. The summed E-state index contributed by atoms with van der Waals surface area (Å²) < 4.78 is 5.58. The standard InChI is InChI=1S/C16H23NO4/c1-10(2)21-12-6-7-13(11(3)8-12)17-14(18)9-16(4,5)15(19)20/h6-8,10H,9H2,1-5H3,(H,17,18)(H,19,20). The fourth-order valence-electron chi connectivity index (χ4n) is 1.79. The molecule has 0 aliphatic rings. The third-order valence-corrected chi connectivity index (χ3v) is 3.03. The van der Waals surface area contributed by atoms with Crippen molar-refractivity contribution in [1.29, 1.82) is 0 Å². The lowest BCUT2D eigenvalue weighted by Crippen LogP contribution is -2.29. The minimum Gasteiger partial charge on any atom is -0.491 e. The second-order valence-electron chi connectivity index (χ2n) is 6.06. The van der Waals surface area contributed by atoms with Crippen LogP contribution in [0.1, 0.15) is 39.7 Å². The second kappa shape index (κ2) is 6.61. The first-order valence-electron chi connectivity index (χ1n) is 6.92. The van der Waals surface area contributed by atoms with Gasteiger partial charge in [-0.05, 0) is 58.4 Å². The lowest BCUT2D eigenvalue weighted by Gasteiger charge is -2.19. The van der Waals surface area contributed by atoms with E-state index >= 15 is 0 Å². The Morgan fingerprint density at radius 2 is 1.95 bits per heavy atom. The van der Waals surface area contributed by atoms with Crippen molar-refractivity contribution in [3.8, 4) is 5.75 Å². The number of aryl methyl sites for hydroxylation is 1. The molecule has 116 valence electrons. The molecule has 0 bridgehead atoms. The minimum atomic E-state index is -1.08. The predicted octanol–water partition coefficient (Wildman–Crippen LogP) is 3.22. The highest BCUT2D eigenvalue weighted by atomic mass is 16.5. The van der Waals surface area contributed by atoms with Crippen LogP contribution in [0.25, 0.3) is 0 Å². The summed E-state index contributed by atoms with van der Waals surface area (Å²) in [7, 11) is 0. The number of benzene rings is 1. The lowest BCUT2D eigenvalue weighted by atomic mass is 9.89. The molecule has 1 amide bonds. The number of anilines is 1. The molecule has 5 nitrogen and oxygen atoms in total. The van der Waals surface area contributed by atoms with Crippen LogP contribution >= 0.6 is 0 Å². The highest BCUT2D eigenvalue weighted by Crippen LogP contribution is 2.25. The molecule has 0 aliphatic carbocycles. The molecule has 1 aromatic carbocycles. The van der Waals surface area contributed by atoms with Gasteiger partial charge in [0.2, 0.25) is 5.91 Å². The van der Waals surface area contributed by atoms with E-state index in [-0.39, 0.29) is 18.4 Å². The Labute approximate surface area is 125 Å². The molecule has 0 unspecified atom stereocenters. The Hall–Kier alpha value is -2.04. The molecule has 21 heavy (non-hydrogen) atoms. The van der Waals surface area contributed by atoms with Crippen molar-refractivity contribution in [1.82, 2.24) is 0 Å². The van der Waals surface area contributed by atoms with Crippen molar-refractivity contribution in [2.75, 3.05) is 5.32 Å². The Bertz CT molecular complexity index is 535. The second-order valence-corrected chi connectivity index (χ2v) is 6.06. The number of nitrogens with one attached hydrogen (secondary N) is 1. The third kappa shape index (κ3) is 5.10. The van der Waals surface area contributed by atoms with Crippen LogP contribution in [0.5, 0.6) is 5.75 Å². The average Bonchev–Trinajstić information content (AvgIpc) is 2.31. The maximum Gasteiger partial charge on any atom is 0.309 e. The third-order valence-electron chi connectivity index (χ3n) is 3.03. The summed E-state index contributed by atoms with van der Waals surface area (Å²) in [6.07, 6.45) is 0.00709. The summed E-state index contributed by atoms with van der Waals surface area (Å²) in [5.74, 6) is -0.565. The highest BCUT2D eigenvalue weighted by Gasteiger charge is 2.30. The van der Waals surface area contributed by atoms with Gasteiger partial charge in [-0.25, -0.2) is 0 Å². The summed E-state index contributed by atoms with van der Waals surface area (Å²) in [4.78, 5) is 23.0. The molecule has 0 saturated heterocycles. The van der Waals surface area contributed by atoms with Crippen LogP contribution in [0.3, 0.4) is 0 Å². The number of amides is 1. The fraction of sp³-hybridized carbons (Fsp3) is 0.500. The minimum absolute atomic E-state index is 0.0774. The normalized spacial score (nSPS) is 11.3. The van der Waals surface area contributed by atoms with Gasteiger partial charge in [-0.3, -0.25) is 9.59 Å². The average molecular weight is 293 g/mol. The fourth-order valence-corrected chi connectivity index (χ4v) is 1.79. The monoisotopic (exact) mass is 293 g/mol. The maximum absolute atomic E-state index is 11.9. The molecular formula is C16H23NO4. The van der Waals surface area contributed by atoms with Crippen molar-refractivity contribution in [3.63, 3.8) is 0 Å². The largest absolute Gasteiger partial charge is 0.491 e. The number of hydrogen-bond donors (Lipinski definition) is 2. The van der Waals surface area contributed by atoms with Crippen LogP contribution in [0, 0.1) is 12.3 Å². The summed E-state index contributed by atoms with van der Waals surface area (Å²) >= 11 is 0. The van der Waals surface area contributed by atoms with Crippen LogP contribution < -0.4 is 10.1 Å². The zero-order valence-corrected chi connectivity index (χ0v) is 13.2. The molecule has 1 rings (SSSR count). The molecule has 2 N–H and O–H groups in total. The van der Waals surface area contributed by atoms with Crippen LogP contribution in [-0.4, -0.2) is 23.1 Å². The number of hydrogen-bond acceptors (Lipinski definition) is 3. The summed E-state index contributed by atoms with van der Waals surface area (Å²) in [6, 6.07) is 5.39. The highest BCUT2D eigenvalue weighted by molar-refractivity contribution is 5.94. The number of aliphatic carboxylic acids is 1. The number of carbonyl (C=O) groups is 2. The first-order valence-corrected chi connectivity index (χ1v) is 6.92. The summed E-state index contributed by atoms with van der Waals surface area (Å²) in [5.41, 5.74) is 0.450. The van der Waals surface area contributed by atoms with Gasteiger partial charge in [0.05, 0.1) is 11.5 Å². The Kier molecular flexibility index (Phi) is 5.35. The molecule has 0 fully saturated rings. The van der Waals surface area contributed by atoms with Gasteiger partial charge >= 0.3 is 5.97 Å². The SMILES string of the molecule is Cc1cc(OC(C)C)ccc1NC(=O)CC(C)(C)C(=O)O. The van der Waals surface area contributed by atoms with E-state index in [9.17, 15) is 9.59 Å². The lowest BCUT2D eigenvalue weighted by molar-refractivity contribution is -0.148. The number of ether oxygens (including phenoxy) is 1. The van der Waals surface area contributed by atoms with Gasteiger partial charge in [0.25, 0.3) is 0 Å². The molecule has 0 spiro atoms. The molecule has 0 aliphatic heterocycles. The van der Waals surface area contributed by atoms with Crippen LogP contribution in [0.15, 0.2) is 18.2 Å². The smallest absolute Gasteiger partial charge is 0.309 e. The predicted molar refractivity (Wildman–Crippen MR) is 81.6 cm³/mol. The van der Waals surface area contributed by atoms with E-state index in [2.05, 4.69) is 5.32 Å². The molecule has 5 heteroatoms. The number of carboxylic acid groups (broad SMARTS) is 1. The van der Waals surface area contributed by atoms with Crippen LogP contribution in [0.4, 0.5) is 5.69 Å². The molecular weight excluding hydrogens is 270 g/mol. The van der Waals surface area contributed by atoms with Gasteiger partial charge in [-0.2, -0.15) is 0 Å². The van der Waals surface area contributed by atoms with Crippen molar-refractivity contribution in [2.24, 2.45) is 5.41 Å². The summed E-state index contributed by atoms with van der Waals surface area (Å²) in [6.45, 7) is 8.81. The Balaban J connectivity index is 2.75. The molecule has 0 aromatic heterocycles. The first-order chi connectivity index (χ1) is 9.61. The van der Waals surface area contributed by atoms with Crippen molar-refractivity contribution < 1.29 is 19.4 Å². The van der Waals surface area contributed by atoms with Gasteiger partial charge in [0.1, 0.15) is 5.75 Å². The van der Waals surface area contributed by atoms with E-state index in [0.29, 0.717) is 5.69 Å². The zero-order valence-electron chi connectivity index (χ0n) is 13.2. The van der Waals surface area contributed by atoms with Gasteiger partial charge in [0.15, 0.2) is 0 Å². The van der Waals surface area contributed by atoms with E-state index in [0.717, 1.165) is 11.3 Å². The van der Waals surface area contributed by atoms with Gasteiger partial charge in [-0.15, -0.1) is 0 Å². The van der Waals surface area contributed by atoms with Gasteiger partial charge < -0.3 is 15.2 Å². The Morgan fingerprint density at radius 3 is 2.43 bits per heavy atom. The molecule has 0 heterocycles. The van der Waals surface area contributed by atoms with E-state index in [1.807, 2.05) is 26.8 Å². The van der Waals surface area contributed by atoms with Crippen LogP contribution in [-0.2, 0) is 9.59 Å². The van der Waals surface area contributed by atoms with Gasteiger partial charge in [-0.1, -0.05) is 0 Å². The van der Waals surface area contributed by atoms with E-state index in [1.54, 1.807) is 12.1 Å². The van der Waals surface area contributed by atoms with Crippen molar-refractivity contribution in [3.05, 3.63) is 23.8 Å². The van der Waals surface area contributed by atoms with Crippen molar-refractivity contribution >= 4 is 17.6 Å². The number of carbonyl (C=O) groups excluding carboxylic acids is 1. The molecule has 0 saturated carbocycles. The van der Waals surface area contributed by atoms with Crippen molar-refractivity contribution in [2.45, 2.75) is 47.1 Å². The number of carboxylic acids is 1. The number of rotatable bonds is 6. The van der Waals surface area contributed by atoms with Gasteiger partial charge in [0, 0.05) is 12.1 Å². The van der Waals surface area contributed by atoms with E-state index in [4.69, 9.17) is 9.84 Å². The topological polar surface area (TPSA) is 75.6 Å².